The third kappa shape index (κ3) is 60.4. The Hall–Kier alpha value is -2.03. The van der Waals surface area contributed by atoms with Crippen molar-refractivity contribution in [1.29, 1.82) is 0 Å². The average molecular weight is 1130 g/mol. The van der Waals surface area contributed by atoms with Crippen LogP contribution in [0.2, 0.25) is 0 Å². The van der Waals surface area contributed by atoms with Crippen LogP contribution in [0.25, 0.3) is 0 Å². The lowest BCUT2D eigenvalue weighted by molar-refractivity contribution is -0.870. The van der Waals surface area contributed by atoms with Gasteiger partial charge in [-0.1, -0.05) is 275 Å². The minimum atomic E-state index is -4.70. The van der Waals surface area contributed by atoms with E-state index >= 15 is 0 Å². The second kappa shape index (κ2) is 59.1. The summed E-state index contributed by atoms with van der Waals surface area (Å²) in [5.74, 6) is -0.533. The first-order valence-electron chi connectivity index (χ1n) is 33.9. The lowest BCUT2D eigenvalue weighted by Gasteiger charge is -2.30. The molecule has 0 saturated carbocycles. The summed E-state index contributed by atoms with van der Waals surface area (Å²) in [5.41, 5.74) is 0. The highest BCUT2D eigenvalue weighted by molar-refractivity contribution is 7.45. The van der Waals surface area contributed by atoms with Crippen LogP contribution in [-0.4, -0.2) is 69.4 Å². The fraction of sp³-hybridized carbons (Fsp3) is 0.855. The Balaban J connectivity index is 5.09. The molecular weight excluding hydrogens is 1000 g/mol. The molecule has 1 amide bonds. The smallest absolute Gasteiger partial charge is 0.306 e. The second-order valence-corrected chi connectivity index (χ2v) is 25.7. The minimum absolute atomic E-state index is 0.0218. The maximum atomic E-state index is 13.5. The highest BCUT2D eigenvalue weighted by Crippen LogP contribution is 2.38. The number of allylic oxidation sites excluding steroid dienone is 7. The molecule has 0 rings (SSSR count). The number of nitrogens with zero attached hydrogens (tertiary/aromatic N) is 1. The standard InChI is InChI=1S/C69H131N2O7P/c1-7-10-13-16-19-22-25-28-30-31-32-33-34-35-36-37-38-39-41-44-47-50-53-56-59-62-69(73)78-67(60-57-54-51-48-45-42-27-24-21-18-15-12-9-3)66(65-77-79(74,75)76-64-63-71(4,5)6)70-68(72)61-58-55-52-49-46-43-40-29-26-23-20-17-14-11-8-2/h19,22-23,26,28,30,57,60,66-67H,7-18,20-21,24-25,27,29,31-56,58-59,61-65H2,1-6H3,(H-,70,72,74,75)/b22-19-,26-23-,30-28-,60-57-. The van der Waals surface area contributed by atoms with E-state index in [9.17, 15) is 19.0 Å². The van der Waals surface area contributed by atoms with Crippen molar-refractivity contribution in [3.8, 4) is 0 Å². The van der Waals surface area contributed by atoms with Crippen LogP contribution < -0.4 is 10.2 Å². The molecule has 464 valence electrons. The van der Waals surface area contributed by atoms with Gasteiger partial charge in [-0.3, -0.25) is 14.2 Å². The van der Waals surface area contributed by atoms with Gasteiger partial charge in [-0.05, 0) is 89.5 Å². The summed E-state index contributed by atoms with van der Waals surface area (Å²) in [5, 5.41) is 3.04. The van der Waals surface area contributed by atoms with E-state index in [0.717, 1.165) is 77.0 Å². The molecule has 0 aliphatic rings. The van der Waals surface area contributed by atoms with E-state index in [0.29, 0.717) is 17.4 Å². The summed E-state index contributed by atoms with van der Waals surface area (Å²) in [6.45, 7) is 6.84. The van der Waals surface area contributed by atoms with Crippen molar-refractivity contribution >= 4 is 19.7 Å². The molecule has 0 aliphatic carbocycles. The Kier molecular flexibility index (Phi) is 57.6. The van der Waals surface area contributed by atoms with Gasteiger partial charge >= 0.3 is 5.97 Å². The topological polar surface area (TPSA) is 114 Å². The SMILES string of the molecule is CCCCC/C=C\C/C=C\CCCCCCCCCCCCCCCCCC(=O)OC(/C=C\CCCCCCCCCCCCC)C(COP(=O)([O-])OCC[N+](C)(C)C)NC(=O)CCCCCCCCC/C=C\CCCCCC. The van der Waals surface area contributed by atoms with Crippen LogP contribution in [0.1, 0.15) is 329 Å². The predicted molar refractivity (Wildman–Crippen MR) is 339 cm³/mol. The highest BCUT2D eigenvalue weighted by Gasteiger charge is 2.27. The number of amides is 1. The Morgan fingerprint density at radius 1 is 0.443 bits per heavy atom. The van der Waals surface area contributed by atoms with Crippen molar-refractivity contribution in [2.24, 2.45) is 0 Å². The Morgan fingerprint density at radius 2 is 0.772 bits per heavy atom. The first-order chi connectivity index (χ1) is 38.4. The summed E-state index contributed by atoms with van der Waals surface area (Å²) in [6.07, 6.45) is 73.7. The lowest BCUT2D eigenvalue weighted by Crippen LogP contribution is -2.47. The number of likely N-dealkylation sites (N-methyl/N-ethyl adjacent to an activating group) is 1. The van der Waals surface area contributed by atoms with Crippen molar-refractivity contribution in [1.82, 2.24) is 5.32 Å². The average Bonchev–Trinajstić information content (AvgIpc) is 3.41. The minimum Gasteiger partial charge on any atom is -0.756 e. The van der Waals surface area contributed by atoms with Crippen molar-refractivity contribution in [2.45, 2.75) is 341 Å². The Labute approximate surface area is 490 Å². The van der Waals surface area contributed by atoms with Crippen LogP contribution in [0.3, 0.4) is 0 Å². The van der Waals surface area contributed by atoms with Gasteiger partial charge in [-0.25, -0.2) is 0 Å². The molecule has 0 bridgehead atoms. The Morgan fingerprint density at radius 3 is 1.19 bits per heavy atom. The number of rotatable bonds is 62. The van der Waals surface area contributed by atoms with Crippen LogP contribution >= 0.6 is 7.82 Å². The number of esters is 1. The van der Waals surface area contributed by atoms with Gasteiger partial charge in [-0.15, -0.1) is 0 Å². The van der Waals surface area contributed by atoms with Crippen molar-refractivity contribution in [3.05, 3.63) is 48.6 Å². The number of hydrogen-bond donors (Lipinski definition) is 1. The van der Waals surface area contributed by atoms with Gasteiger partial charge in [0.1, 0.15) is 19.3 Å². The molecule has 10 heteroatoms. The number of ether oxygens (including phenoxy) is 1. The van der Waals surface area contributed by atoms with Gasteiger partial charge in [0.05, 0.1) is 33.8 Å². The van der Waals surface area contributed by atoms with E-state index in [1.165, 1.54) is 218 Å². The van der Waals surface area contributed by atoms with E-state index in [1.807, 2.05) is 33.3 Å². The van der Waals surface area contributed by atoms with E-state index < -0.39 is 20.0 Å². The summed E-state index contributed by atoms with van der Waals surface area (Å²) >= 11 is 0. The van der Waals surface area contributed by atoms with Crippen LogP contribution in [0.4, 0.5) is 0 Å². The number of phosphoric ester groups is 1. The van der Waals surface area contributed by atoms with E-state index in [4.69, 9.17) is 13.8 Å². The van der Waals surface area contributed by atoms with E-state index in [1.54, 1.807) is 0 Å². The van der Waals surface area contributed by atoms with Gasteiger partial charge in [0.15, 0.2) is 0 Å². The van der Waals surface area contributed by atoms with Crippen LogP contribution in [0.5, 0.6) is 0 Å². The van der Waals surface area contributed by atoms with Gasteiger partial charge in [0.2, 0.25) is 5.91 Å². The molecule has 3 unspecified atom stereocenters. The molecule has 0 radical (unpaired) electrons. The van der Waals surface area contributed by atoms with Crippen LogP contribution in [0, 0.1) is 0 Å². The largest absolute Gasteiger partial charge is 0.756 e. The van der Waals surface area contributed by atoms with Crippen molar-refractivity contribution < 1.29 is 37.3 Å². The summed E-state index contributed by atoms with van der Waals surface area (Å²) in [7, 11) is 1.19. The number of carbonyl (C=O) groups is 2. The number of unbranched alkanes of at least 4 members (excludes halogenated alkanes) is 40. The molecule has 9 nitrogen and oxygen atoms in total. The number of quaternary nitrogens is 1. The number of nitrogens with one attached hydrogen (secondary N) is 1. The molecule has 0 fully saturated rings. The van der Waals surface area contributed by atoms with E-state index in [-0.39, 0.29) is 31.5 Å². The molecule has 0 heterocycles. The maximum Gasteiger partial charge on any atom is 0.306 e. The molecule has 0 aromatic heterocycles. The summed E-state index contributed by atoms with van der Waals surface area (Å²) in [6, 6.07) is -0.889. The monoisotopic (exact) mass is 1130 g/mol. The number of carbonyl (C=O) groups excluding carboxylic acids is 2. The quantitative estimate of drug-likeness (QED) is 0.0212. The summed E-state index contributed by atoms with van der Waals surface area (Å²) in [4.78, 5) is 40.1. The van der Waals surface area contributed by atoms with Gasteiger partial charge in [-0.2, -0.15) is 0 Å². The van der Waals surface area contributed by atoms with Gasteiger partial charge in [0, 0.05) is 12.8 Å². The first-order valence-corrected chi connectivity index (χ1v) is 35.4. The molecule has 0 spiro atoms. The van der Waals surface area contributed by atoms with Crippen LogP contribution in [0.15, 0.2) is 48.6 Å². The fourth-order valence-electron chi connectivity index (χ4n) is 9.96. The van der Waals surface area contributed by atoms with Crippen molar-refractivity contribution in [2.75, 3.05) is 40.9 Å². The second-order valence-electron chi connectivity index (χ2n) is 24.3. The van der Waals surface area contributed by atoms with Crippen LogP contribution in [-0.2, 0) is 27.9 Å². The third-order valence-corrected chi connectivity index (χ3v) is 16.2. The van der Waals surface area contributed by atoms with E-state index in [2.05, 4.69) is 62.5 Å². The van der Waals surface area contributed by atoms with Gasteiger partial charge in [0.25, 0.3) is 7.82 Å². The third-order valence-electron chi connectivity index (χ3n) is 15.2. The molecule has 79 heavy (non-hydrogen) atoms. The molecule has 0 saturated heterocycles. The molecule has 3 atom stereocenters. The zero-order valence-electron chi connectivity index (χ0n) is 53.1. The molecule has 1 N–H and O–H groups in total. The number of phosphoric acid groups is 1. The van der Waals surface area contributed by atoms with Gasteiger partial charge < -0.3 is 28.5 Å². The first kappa shape index (κ1) is 77.0. The number of hydrogen-bond acceptors (Lipinski definition) is 7. The Bertz CT molecular complexity index is 1490. The predicted octanol–water partition coefficient (Wildman–Crippen LogP) is 20.6. The molecular formula is C69H131N2O7P. The zero-order valence-corrected chi connectivity index (χ0v) is 54.0. The zero-order chi connectivity index (χ0) is 57.9. The lowest BCUT2D eigenvalue weighted by atomic mass is 10.0. The highest BCUT2D eigenvalue weighted by atomic mass is 31.2. The summed E-state index contributed by atoms with van der Waals surface area (Å²) < 4.78 is 30.4. The molecule has 0 aromatic carbocycles. The normalized spacial score (nSPS) is 13.9. The van der Waals surface area contributed by atoms with Crippen molar-refractivity contribution in [3.63, 3.8) is 0 Å². The molecule has 0 aliphatic heterocycles. The molecule has 0 aromatic rings. The fourth-order valence-corrected chi connectivity index (χ4v) is 10.7. The maximum absolute atomic E-state index is 13.5.